The van der Waals surface area contributed by atoms with Gasteiger partial charge in [-0.2, -0.15) is 0 Å². The lowest BCUT2D eigenvalue weighted by molar-refractivity contribution is -0.263. The van der Waals surface area contributed by atoms with Crippen LogP contribution in [0.5, 0.6) is 0 Å². The minimum atomic E-state index is 0.274. The van der Waals surface area contributed by atoms with E-state index in [0.717, 1.165) is 17.8 Å². The zero-order valence-corrected chi connectivity index (χ0v) is 65.6. The van der Waals surface area contributed by atoms with E-state index in [1.54, 1.807) is 33.4 Å². The second kappa shape index (κ2) is 19.1. The maximum atomic E-state index is 2.57. The largest absolute Gasteiger partial charge is 0.0676 e. The molecule has 0 aromatic heterocycles. The topological polar surface area (TPSA) is 0 Å². The Hall–Kier alpha value is -0.780. The molecule has 9 aliphatic carbocycles. The molecule has 0 aromatic carbocycles. The van der Waals surface area contributed by atoms with Crippen molar-refractivity contribution < 1.29 is 0 Å². The third-order valence-corrected chi connectivity index (χ3v) is 38.2. The van der Waals surface area contributed by atoms with Gasteiger partial charge in [0, 0.05) is 0 Å². The number of allylic oxidation sites excluding steroid dienone is 6. The van der Waals surface area contributed by atoms with Crippen molar-refractivity contribution >= 4 is 0 Å². The van der Waals surface area contributed by atoms with Gasteiger partial charge in [-0.15, -0.1) is 0 Å². The van der Waals surface area contributed by atoms with Crippen molar-refractivity contribution in [3.63, 3.8) is 0 Å². The van der Waals surface area contributed by atoms with Gasteiger partial charge in [-0.1, -0.05) is 317 Å². The Morgan fingerprint density at radius 3 is 0.427 bits per heavy atom. The molecule has 0 unspecified atom stereocenters. The van der Waals surface area contributed by atoms with Crippen LogP contribution in [0.15, 0.2) is 33.4 Å². The van der Waals surface area contributed by atoms with Crippen LogP contribution in [0, 0.1) is 137 Å². The Morgan fingerprint density at radius 1 is 0.195 bits per heavy atom. The highest BCUT2D eigenvalue weighted by atomic mass is 14.9. The molecule has 6 fully saturated rings. The lowest BCUT2D eigenvalue weighted by Crippen LogP contribution is -2.68. The standard InChI is InChI=1S/C17H30.C17H32.3C16H30/c1-14(2)11-8-17(7)9-12(14)16(5,6)13(10-17)15(11,3)4;1-12(2)13(3,4)17(10)11-16(12,9)14(5,6)15(17,7)8;3*1-11-12(2)14(5,6)16(9,10)15(7,8)13(11,3)4/h11-13H,8-10H2,1-7H3;11H2,1-10H3;3*1-10H3. The predicted octanol–water partition coefficient (Wildman–Crippen LogP) is 27.0. The summed E-state index contributed by atoms with van der Waals surface area (Å²) in [7, 11) is 0. The summed E-state index contributed by atoms with van der Waals surface area (Å²) in [6, 6.07) is 0. The molecule has 0 heterocycles. The summed E-state index contributed by atoms with van der Waals surface area (Å²) >= 11 is 0. The molecule has 0 saturated heterocycles. The van der Waals surface area contributed by atoms with Crippen LogP contribution in [0.4, 0.5) is 0 Å². The van der Waals surface area contributed by atoms with E-state index in [2.05, 4.69) is 325 Å². The molecule has 82 heavy (non-hydrogen) atoms. The van der Waals surface area contributed by atoms with Crippen molar-refractivity contribution in [1.29, 1.82) is 0 Å². The van der Waals surface area contributed by atoms with Crippen LogP contribution in [0.25, 0.3) is 0 Å². The van der Waals surface area contributed by atoms with Crippen LogP contribution in [-0.4, -0.2) is 0 Å². The first kappa shape index (κ1) is 73.7. The smallest absolute Gasteiger partial charge is 0.00881 e. The van der Waals surface area contributed by atoms with Gasteiger partial charge in [0.1, 0.15) is 0 Å². The molecule has 0 nitrogen and oxygen atoms in total. The average Bonchev–Trinajstić information content (AvgIpc) is 3.50. The fourth-order valence-electron chi connectivity index (χ4n) is 23.1. The Morgan fingerprint density at radius 2 is 0.317 bits per heavy atom. The van der Waals surface area contributed by atoms with Gasteiger partial charge in [-0.3, -0.25) is 0 Å². The van der Waals surface area contributed by atoms with Crippen LogP contribution in [0.1, 0.15) is 351 Å². The average molecular weight is 1140 g/mol. The summed E-state index contributed by atoms with van der Waals surface area (Å²) in [5.41, 5.74) is 17.7. The lowest BCUT2D eigenvalue weighted by atomic mass is 9.30. The fourth-order valence-corrected chi connectivity index (χ4v) is 23.1. The summed E-state index contributed by atoms with van der Waals surface area (Å²) in [5.74, 6) is 2.81. The second-order valence-electron chi connectivity index (χ2n) is 42.1. The molecule has 6 saturated carbocycles. The van der Waals surface area contributed by atoms with E-state index in [4.69, 9.17) is 0 Å². The van der Waals surface area contributed by atoms with E-state index in [1.807, 2.05) is 0 Å². The Labute approximate surface area is 518 Å². The Bertz CT molecular complexity index is 2150. The highest BCUT2D eigenvalue weighted by molar-refractivity contribution is 5.37. The number of hydrogen-bond acceptors (Lipinski definition) is 0. The van der Waals surface area contributed by atoms with Crippen LogP contribution in [0.2, 0.25) is 0 Å². The molecule has 0 N–H and O–H groups in total. The molecule has 0 aromatic rings. The predicted molar refractivity (Wildman–Crippen MR) is 370 cm³/mol. The highest BCUT2D eigenvalue weighted by Crippen LogP contribution is 2.88. The van der Waals surface area contributed by atoms with Crippen molar-refractivity contribution in [2.45, 2.75) is 351 Å². The van der Waals surface area contributed by atoms with Crippen molar-refractivity contribution in [2.75, 3.05) is 0 Å². The molecule has 9 aliphatic rings. The van der Waals surface area contributed by atoms with E-state index >= 15 is 0 Å². The summed E-state index contributed by atoms with van der Waals surface area (Å²) in [6.45, 7) is 115. The zero-order chi connectivity index (χ0) is 66.0. The van der Waals surface area contributed by atoms with E-state index in [9.17, 15) is 0 Å². The molecule has 0 radical (unpaired) electrons. The Balaban J connectivity index is 0.000000220. The molecule has 0 spiro atoms. The third kappa shape index (κ3) is 8.47. The summed E-state index contributed by atoms with van der Waals surface area (Å²) < 4.78 is 0. The van der Waals surface area contributed by atoms with Crippen molar-refractivity contribution in [3.05, 3.63) is 33.4 Å². The molecule has 6 bridgehead atoms. The van der Waals surface area contributed by atoms with Crippen LogP contribution >= 0.6 is 0 Å². The van der Waals surface area contributed by atoms with Gasteiger partial charge in [0.2, 0.25) is 0 Å². The zero-order valence-electron chi connectivity index (χ0n) is 65.6. The first-order valence-corrected chi connectivity index (χ1v) is 34.2. The lowest BCUT2D eigenvalue weighted by Gasteiger charge is -2.75. The molecule has 9 rings (SSSR count). The molecule has 480 valence electrons. The Kier molecular flexibility index (Phi) is 17.2. The summed E-state index contributed by atoms with van der Waals surface area (Å²) in [4.78, 5) is 0. The molecular formula is C82H152. The molecule has 0 amide bonds. The monoisotopic (exact) mass is 1140 g/mol. The van der Waals surface area contributed by atoms with Crippen molar-refractivity contribution in [3.8, 4) is 0 Å². The number of rotatable bonds is 0. The van der Waals surface area contributed by atoms with E-state index in [1.165, 1.54) is 25.7 Å². The first-order chi connectivity index (χ1) is 35.2. The quantitative estimate of drug-likeness (QED) is 0.212. The van der Waals surface area contributed by atoms with Crippen LogP contribution < -0.4 is 0 Å². The van der Waals surface area contributed by atoms with Gasteiger partial charge in [0.15, 0.2) is 0 Å². The van der Waals surface area contributed by atoms with Crippen LogP contribution in [-0.2, 0) is 0 Å². The van der Waals surface area contributed by atoms with Gasteiger partial charge in [-0.05, 0) is 204 Å². The number of fused-ring (bicyclic) bond motifs is 2. The number of hydrogen-bond donors (Lipinski definition) is 0. The molecule has 0 heteroatoms. The minimum Gasteiger partial charge on any atom is -0.0676 e. The van der Waals surface area contributed by atoms with E-state index < -0.39 is 0 Å². The summed E-state index contributed by atoms with van der Waals surface area (Å²) in [6.07, 6.45) is 5.82. The fraction of sp³-hybridized carbons (Fsp3) is 0.927. The second-order valence-corrected chi connectivity index (χ2v) is 42.1. The van der Waals surface area contributed by atoms with Gasteiger partial charge >= 0.3 is 0 Å². The first-order valence-electron chi connectivity index (χ1n) is 34.2. The van der Waals surface area contributed by atoms with Crippen LogP contribution in [0.3, 0.4) is 0 Å². The van der Waals surface area contributed by atoms with Gasteiger partial charge in [-0.25, -0.2) is 0 Å². The molecular weight excluding hydrogens is 985 g/mol. The normalized spacial score (nSPS) is 38.7. The van der Waals surface area contributed by atoms with Gasteiger partial charge in [0.05, 0.1) is 0 Å². The van der Waals surface area contributed by atoms with Crippen molar-refractivity contribution in [1.82, 2.24) is 0 Å². The van der Waals surface area contributed by atoms with Crippen molar-refractivity contribution in [2.24, 2.45) is 137 Å². The molecule has 0 aliphatic heterocycles. The molecule has 0 atom stereocenters. The SMILES string of the molecule is CC1(C)C(C)(C)C2(C)CC1(C)C(C)(C)C2(C)C.CC12CC3C(C)(C)C(C1)C(C)(C)C(C2)C3(C)C.CC1=C(C)C(C)(C)C(C)(C)C(C)(C)C1(C)C.CC1=C(C)C(C)(C)C(C)(C)C(C)(C)C1(C)C.CC1=C(C)C(C)(C)C(C)(C)C(C)(C)C1(C)C. The third-order valence-electron chi connectivity index (χ3n) is 38.2. The maximum Gasteiger partial charge on any atom is -0.00881 e. The van der Waals surface area contributed by atoms with Gasteiger partial charge in [0.25, 0.3) is 0 Å². The summed E-state index contributed by atoms with van der Waals surface area (Å²) in [5, 5.41) is 0. The van der Waals surface area contributed by atoms with E-state index in [0.29, 0.717) is 86.6 Å². The highest BCUT2D eigenvalue weighted by Gasteiger charge is 2.82. The maximum absolute atomic E-state index is 2.57. The van der Waals surface area contributed by atoms with Gasteiger partial charge < -0.3 is 0 Å². The minimum absolute atomic E-state index is 0.274. The van der Waals surface area contributed by atoms with E-state index in [-0.39, 0.29) is 32.5 Å².